The Balaban J connectivity index is 1.34. The molecule has 4 rings (SSSR count). The average molecular weight is 379 g/mol. The Morgan fingerprint density at radius 1 is 0.964 bits per heavy atom. The zero-order chi connectivity index (χ0) is 19.3. The molecule has 0 aliphatic carbocycles. The molecule has 2 aromatic rings. The first kappa shape index (κ1) is 18.7. The summed E-state index contributed by atoms with van der Waals surface area (Å²) in [5.74, 6) is 0.0249. The summed E-state index contributed by atoms with van der Waals surface area (Å²) in [6.45, 7) is 5.10. The molecule has 2 heterocycles. The topological polar surface area (TPSA) is 61.9 Å². The predicted molar refractivity (Wildman–Crippen MR) is 109 cm³/mol. The second kappa shape index (κ2) is 8.54. The van der Waals surface area contributed by atoms with Crippen molar-refractivity contribution in [3.63, 3.8) is 0 Å². The highest BCUT2D eigenvalue weighted by Gasteiger charge is 2.21. The number of nitrogens with zero attached hydrogens (tertiary/aromatic N) is 2. The number of morpholine rings is 1. The molecule has 28 heavy (non-hydrogen) atoms. The molecule has 2 aliphatic rings. The van der Waals surface area contributed by atoms with Gasteiger partial charge in [-0.15, -0.1) is 0 Å². The van der Waals surface area contributed by atoms with Crippen molar-refractivity contribution in [2.45, 2.75) is 19.4 Å². The van der Waals surface area contributed by atoms with E-state index in [1.54, 1.807) is 4.90 Å². The number of hydrogen-bond donors (Lipinski definition) is 1. The van der Waals surface area contributed by atoms with E-state index in [9.17, 15) is 9.59 Å². The minimum absolute atomic E-state index is 0.136. The molecule has 0 spiro atoms. The molecule has 2 saturated heterocycles. The lowest BCUT2D eigenvalue weighted by Crippen LogP contribution is -2.35. The molecule has 2 amide bonds. The first-order valence-electron chi connectivity index (χ1n) is 9.80. The Hall–Kier alpha value is -2.70. The van der Waals surface area contributed by atoms with Crippen LogP contribution in [-0.4, -0.2) is 49.6 Å². The summed E-state index contributed by atoms with van der Waals surface area (Å²) in [6.07, 6.45) is 1.51. The van der Waals surface area contributed by atoms with Crippen LogP contribution < -0.4 is 10.2 Å². The maximum atomic E-state index is 12.5. The van der Waals surface area contributed by atoms with Crippen molar-refractivity contribution in [2.24, 2.45) is 0 Å². The molecule has 1 N–H and O–H groups in total. The first-order valence-corrected chi connectivity index (χ1v) is 9.80. The van der Waals surface area contributed by atoms with Crippen LogP contribution in [0.3, 0.4) is 0 Å². The third-order valence-electron chi connectivity index (χ3n) is 5.24. The molecule has 0 saturated carbocycles. The lowest BCUT2D eigenvalue weighted by molar-refractivity contribution is -0.117. The van der Waals surface area contributed by atoms with Gasteiger partial charge in [0.2, 0.25) is 5.91 Å². The van der Waals surface area contributed by atoms with Gasteiger partial charge in [0.15, 0.2) is 0 Å². The fraction of sp³-hybridized carbons (Fsp3) is 0.364. The van der Waals surface area contributed by atoms with Gasteiger partial charge in [0, 0.05) is 49.5 Å². The SMILES string of the molecule is O=C(Nc1ccc(N2CCCC2=O)cc1)c1ccc(CN2CCOCC2)cc1. The Morgan fingerprint density at radius 2 is 1.68 bits per heavy atom. The number of benzene rings is 2. The Labute approximate surface area is 165 Å². The predicted octanol–water partition coefficient (Wildman–Crippen LogP) is 2.90. The standard InChI is InChI=1S/C22H25N3O3/c26-21-2-1-11-25(21)20-9-7-19(8-10-20)23-22(27)18-5-3-17(4-6-18)16-24-12-14-28-15-13-24/h3-10H,1-2,11-16H2,(H,23,27). The van der Waals surface area contributed by atoms with Gasteiger partial charge in [0.1, 0.15) is 0 Å². The molecule has 0 atom stereocenters. The summed E-state index contributed by atoms with van der Waals surface area (Å²) in [5, 5.41) is 2.92. The van der Waals surface area contributed by atoms with Gasteiger partial charge in [-0.3, -0.25) is 14.5 Å². The maximum absolute atomic E-state index is 12.5. The number of amides is 2. The maximum Gasteiger partial charge on any atom is 0.255 e. The second-order valence-electron chi connectivity index (χ2n) is 7.24. The quantitative estimate of drug-likeness (QED) is 0.868. The molecule has 2 aromatic carbocycles. The van der Waals surface area contributed by atoms with Gasteiger partial charge in [-0.05, 0) is 48.4 Å². The summed E-state index contributed by atoms with van der Waals surface area (Å²) < 4.78 is 5.37. The zero-order valence-corrected chi connectivity index (χ0v) is 15.9. The lowest BCUT2D eigenvalue weighted by Gasteiger charge is -2.26. The van der Waals surface area contributed by atoms with E-state index in [0.29, 0.717) is 12.0 Å². The number of anilines is 2. The molecule has 0 aromatic heterocycles. The second-order valence-corrected chi connectivity index (χ2v) is 7.24. The minimum atomic E-state index is -0.136. The fourth-order valence-electron chi connectivity index (χ4n) is 3.63. The van der Waals surface area contributed by atoms with Crippen molar-refractivity contribution in [1.82, 2.24) is 4.90 Å². The molecular formula is C22H25N3O3. The summed E-state index contributed by atoms with van der Waals surface area (Å²) >= 11 is 0. The Bertz CT molecular complexity index is 827. The number of nitrogens with one attached hydrogen (secondary N) is 1. The third-order valence-corrected chi connectivity index (χ3v) is 5.24. The molecule has 2 fully saturated rings. The highest BCUT2D eigenvalue weighted by Crippen LogP contribution is 2.23. The summed E-state index contributed by atoms with van der Waals surface area (Å²) in [5.41, 5.74) is 3.42. The van der Waals surface area contributed by atoms with E-state index in [-0.39, 0.29) is 11.8 Å². The van der Waals surface area contributed by atoms with E-state index in [2.05, 4.69) is 10.2 Å². The number of rotatable bonds is 5. The van der Waals surface area contributed by atoms with E-state index in [0.717, 1.165) is 57.2 Å². The molecule has 0 bridgehead atoms. The smallest absolute Gasteiger partial charge is 0.255 e. The van der Waals surface area contributed by atoms with Crippen LogP contribution in [0, 0.1) is 0 Å². The van der Waals surface area contributed by atoms with Crippen molar-refractivity contribution < 1.29 is 14.3 Å². The van der Waals surface area contributed by atoms with Crippen LogP contribution in [0.2, 0.25) is 0 Å². The van der Waals surface area contributed by atoms with Crippen LogP contribution in [0.5, 0.6) is 0 Å². The highest BCUT2D eigenvalue weighted by molar-refractivity contribution is 6.04. The monoisotopic (exact) mass is 379 g/mol. The van der Waals surface area contributed by atoms with Crippen molar-refractivity contribution in [1.29, 1.82) is 0 Å². The van der Waals surface area contributed by atoms with Gasteiger partial charge in [-0.2, -0.15) is 0 Å². The summed E-state index contributed by atoms with van der Waals surface area (Å²) in [4.78, 5) is 28.5. The zero-order valence-electron chi connectivity index (χ0n) is 15.9. The fourth-order valence-corrected chi connectivity index (χ4v) is 3.63. The number of carbonyl (C=O) groups is 2. The molecular weight excluding hydrogens is 354 g/mol. The number of ether oxygens (including phenoxy) is 1. The highest BCUT2D eigenvalue weighted by atomic mass is 16.5. The largest absolute Gasteiger partial charge is 0.379 e. The van der Waals surface area contributed by atoms with E-state index in [1.807, 2.05) is 48.5 Å². The third kappa shape index (κ3) is 4.40. The van der Waals surface area contributed by atoms with Crippen LogP contribution in [0.15, 0.2) is 48.5 Å². The van der Waals surface area contributed by atoms with E-state index >= 15 is 0 Å². The first-order chi connectivity index (χ1) is 13.7. The van der Waals surface area contributed by atoms with Crippen LogP contribution >= 0.6 is 0 Å². The van der Waals surface area contributed by atoms with Crippen molar-refractivity contribution >= 4 is 23.2 Å². The minimum Gasteiger partial charge on any atom is -0.379 e. The van der Waals surface area contributed by atoms with Gasteiger partial charge >= 0.3 is 0 Å². The van der Waals surface area contributed by atoms with Crippen molar-refractivity contribution in [2.75, 3.05) is 43.1 Å². The van der Waals surface area contributed by atoms with Crippen LogP contribution in [-0.2, 0) is 16.1 Å². The number of hydrogen-bond acceptors (Lipinski definition) is 4. The molecule has 2 aliphatic heterocycles. The van der Waals surface area contributed by atoms with Gasteiger partial charge in [-0.25, -0.2) is 0 Å². The molecule has 0 unspecified atom stereocenters. The van der Waals surface area contributed by atoms with E-state index < -0.39 is 0 Å². The van der Waals surface area contributed by atoms with Crippen LogP contribution in [0.1, 0.15) is 28.8 Å². The Morgan fingerprint density at radius 3 is 2.32 bits per heavy atom. The summed E-state index contributed by atoms with van der Waals surface area (Å²) in [6, 6.07) is 15.2. The normalized spacial score (nSPS) is 17.7. The Kier molecular flexibility index (Phi) is 5.69. The van der Waals surface area contributed by atoms with Crippen LogP contribution in [0.4, 0.5) is 11.4 Å². The molecule has 146 valence electrons. The molecule has 0 radical (unpaired) electrons. The van der Waals surface area contributed by atoms with E-state index in [1.165, 1.54) is 5.56 Å². The lowest BCUT2D eigenvalue weighted by atomic mass is 10.1. The van der Waals surface area contributed by atoms with Crippen LogP contribution in [0.25, 0.3) is 0 Å². The summed E-state index contributed by atoms with van der Waals surface area (Å²) in [7, 11) is 0. The number of carbonyl (C=O) groups excluding carboxylic acids is 2. The molecule has 6 nitrogen and oxygen atoms in total. The van der Waals surface area contributed by atoms with Gasteiger partial charge in [-0.1, -0.05) is 12.1 Å². The van der Waals surface area contributed by atoms with Crippen molar-refractivity contribution in [3.8, 4) is 0 Å². The van der Waals surface area contributed by atoms with Gasteiger partial charge in [0.05, 0.1) is 13.2 Å². The molecule has 6 heteroatoms. The van der Waals surface area contributed by atoms with Gasteiger partial charge in [0.25, 0.3) is 5.91 Å². The van der Waals surface area contributed by atoms with E-state index in [4.69, 9.17) is 4.74 Å². The van der Waals surface area contributed by atoms with Gasteiger partial charge < -0.3 is 15.0 Å². The average Bonchev–Trinajstić information content (AvgIpc) is 3.16. The van der Waals surface area contributed by atoms with Crippen molar-refractivity contribution in [3.05, 3.63) is 59.7 Å².